The number of benzene rings is 1. The molecule has 1 aliphatic carbocycles. The molecule has 2 rings (SSSR count). The Hall–Kier alpha value is -2.57. The molecule has 1 aliphatic rings. The van der Waals surface area contributed by atoms with E-state index in [4.69, 9.17) is 14.2 Å². The number of carbonyl (C=O) groups excluding carboxylic acids is 3. The maximum absolute atomic E-state index is 12.1. The van der Waals surface area contributed by atoms with Crippen molar-refractivity contribution < 1.29 is 28.6 Å². The maximum Gasteiger partial charge on any atom is 0.344 e. The van der Waals surface area contributed by atoms with E-state index in [1.807, 2.05) is 6.92 Å². The molecule has 0 heterocycles. The lowest BCUT2D eigenvalue weighted by Crippen LogP contribution is -2.37. The van der Waals surface area contributed by atoms with Gasteiger partial charge in [0.1, 0.15) is 18.4 Å². The van der Waals surface area contributed by atoms with Gasteiger partial charge in [0.15, 0.2) is 6.61 Å². The summed E-state index contributed by atoms with van der Waals surface area (Å²) in [6.07, 6.45) is 2.87. The lowest BCUT2D eigenvalue weighted by molar-refractivity contribution is -0.166. The highest BCUT2D eigenvalue weighted by Gasteiger charge is 2.33. The van der Waals surface area contributed by atoms with Crippen LogP contribution in [-0.4, -0.2) is 43.7 Å². The van der Waals surface area contributed by atoms with Crippen LogP contribution in [0.1, 0.15) is 57.3 Å². The highest BCUT2D eigenvalue weighted by Crippen LogP contribution is 2.35. The number of amides is 1. The Labute approximate surface area is 178 Å². The Balaban J connectivity index is 1.73. The van der Waals surface area contributed by atoms with Gasteiger partial charge in [0, 0.05) is 5.56 Å². The third-order valence-electron chi connectivity index (χ3n) is 5.42. The molecule has 1 aromatic rings. The van der Waals surface area contributed by atoms with E-state index in [9.17, 15) is 14.4 Å². The standard InChI is InChI=1S/C23H33NO6/c1-5-28-18-9-7-17(8-10-18)23(27)24-13-21(25)29-14-22(26)30-20-12-16(4)6-11-19(20)15(2)3/h7-10,15-16,19-20H,5-6,11-14H2,1-4H3,(H,24,27)/t16-,19-,20+/m1/s1. The van der Waals surface area contributed by atoms with Crippen LogP contribution in [0.3, 0.4) is 0 Å². The third kappa shape index (κ3) is 7.35. The fraction of sp³-hybridized carbons (Fsp3) is 0.609. The van der Waals surface area contributed by atoms with Crippen molar-refractivity contribution in [2.75, 3.05) is 19.8 Å². The smallest absolute Gasteiger partial charge is 0.344 e. The van der Waals surface area contributed by atoms with E-state index in [1.165, 1.54) is 0 Å². The highest BCUT2D eigenvalue weighted by atomic mass is 16.6. The van der Waals surface area contributed by atoms with Gasteiger partial charge in [0.05, 0.1) is 6.61 Å². The number of nitrogens with one attached hydrogen (secondary N) is 1. The molecule has 7 nitrogen and oxygen atoms in total. The van der Waals surface area contributed by atoms with E-state index in [-0.39, 0.29) is 12.6 Å². The van der Waals surface area contributed by atoms with Gasteiger partial charge >= 0.3 is 11.9 Å². The van der Waals surface area contributed by atoms with Crippen LogP contribution in [0.2, 0.25) is 0 Å². The first-order valence-corrected chi connectivity index (χ1v) is 10.7. The molecule has 0 aliphatic heterocycles. The molecule has 1 fully saturated rings. The molecule has 30 heavy (non-hydrogen) atoms. The molecule has 0 spiro atoms. The first-order valence-electron chi connectivity index (χ1n) is 10.7. The van der Waals surface area contributed by atoms with E-state index in [0.717, 1.165) is 19.3 Å². The largest absolute Gasteiger partial charge is 0.494 e. The molecule has 0 unspecified atom stereocenters. The fourth-order valence-corrected chi connectivity index (χ4v) is 3.77. The van der Waals surface area contributed by atoms with Crippen molar-refractivity contribution in [3.63, 3.8) is 0 Å². The number of hydrogen-bond donors (Lipinski definition) is 1. The van der Waals surface area contributed by atoms with Crippen LogP contribution in [-0.2, 0) is 19.1 Å². The van der Waals surface area contributed by atoms with Gasteiger partial charge in [-0.05, 0) is 61.8 Å². The van der Waals surface area contributed by atoms with Gasteiger partial charge in [-0.2, -0.15) is 0 Å². The van der Waals surface area contributed by atoms with Gasteiger partial charge in [0.25, 0.3) is 5.91 Å². The average molecular weight is 420 g/mol. The van der Waals surface area contributed by atoms with E-state index in [0.29, 0.717) is 35.7 Å². The Kier molecular flexibility index (Phi) is 9.15. The van der Waals surface area contributed by atoms with Crippen molar-refractivity contribution in [3.05, 3.63) is 29.8 Å². The Bertz CT molecular complexity index is 715. The predicted octanol–water partition coefficient (Wildman–Crippen LogP) is 3.36. The highest BCUT2D eigenvalue weighted by molar-refractivity contribution is 5.96. The minimum Gasteiger partial charge on any atom is -0.494 e. The Morgan fingerprint density at radius 2 is 1.80 bits per heavy atom. The summed E-state index contributed by atoms with van der Waals surface area (Å²) >= 11 is 0. The lowest BCUT2D eigenvalue weighted by atomic mass is 9.75. The minimum atomic E-state index is -0.691. The third-order valence-corrected chi connectivity index (χ3v) is 5.42. The molecule has 7 heteroatoms. The van der Waals surface area contributed by atoms with Crippen LogP contribution in [0.5, 0.6) is 5.75 Å². The quantitative estimate of drug-likeness (QED) is 0.617. The van der Waals surface area contributed by atoms with E-state index in [2.05, 4.69) is 26.1 Å². The Morgan fingerprint density at radius 1 is 1.10 bits per heavy atom. The summed E-state index contributed by atoms with van der Waals surface area (Å²) in [5, 5.41) is 2.48. The fourth-order valence-electron chi connectivity index (χ4n) is 3.77. The molecule has 1 saturated carbocycles. The first-order chi connectivity index (χ1) is 14.3. The first kappa shape index (κ1) is 23.7. The van der Waals surface area contributed by atoms with Crippen LogP contribution >= 0.6 is 0 Å². The normalized spacial score (nSPS) is 21.0. The molecule has 1 aromatic carbocycles. The average Bonchev–Trinajstić information content (AvgIpc) is 2.71. The lowest BCUT2D eigenvalue weighted by Gasteiger charge is -2.36. The number of rotatable bonds is 9. The van der Waals surface area contributed by atoms with Crippen LogP contribution in [0, 0.1) is 17.8 Å². The summed E-state index contributed by atoms with van der Waals surface area (Å²) in [4.78, 5) is 36.1. The molecule has 3 atom stereocenters. The monoisotopic (exact) mass is 419 g/mol. The van der Waals surface area contributed by atoms with Gasteiger partial charge in [0.2, 0.25) is 0 Å². The number of carbonyl (C=O) groups is 3. The molecule has 1 amide bonds. The Morgan fingerprint density at radius 3 is 2.43 bits per heavy atom. The SMILES string of the molecule is CCOc1ccc(C(=O)NCC(=O)OCC(=O)O[C@H]2C[C@H](C)CC[C@@H]2C(C)C)cc1. The van der Waals surface area contributed by atoms with E-state index in [1.54, 1.807) is 24.3 Å². The van der Waals surface area contributed by atoms with E-state index < -0.39 is 24.5 Å². The summed E-state index contributed by atoms with van der Waals surface area (Å²) in [6, 6.07) is 6.59. The van der Waals surface area contributed by atoms with Crippen molar-refractivity contribution in [2.45, 2.75) is 53.1 Å². The molecule has 1 N–H and O–H groups in total. The molecule has 0 aromatic heterocycles. The summed E-state index contributed by atoms with van der Waals surface area (Å²) in [7, 11) is 0. The van der Waals surface area contributed by atoms with Gasteiger partial charge in [-0.3, -0.25) is 9.59 Å². The van der Waals surface area contributed by atoms with Crippen LogP contribution in [0.25, 0.3) is 0 Å². The summed E-state index contributed by atoms with van der Waals surface area (Å²) in [6.45, 7) is 8.06. The zero-order valence-electron chi connectivity index (χ0n) is 18.3. The van der Waals surface area contributed by atoms with Gasteiger partial charge < -0.3 is 19.5 Å². The summed E-state index contributed by atoms with van der Waals surface area (Å²) in [5.74, 6) is 0.283. The molecule has 166 valence electrons. The molecular weight excluding hydrogens is 386 g/mol. The van der Waals surface area contributed by atoms with Crippen molar-refractivity contribution in [1.29, 1.82) is 0 Å². The predicted molar refractivity (Wildman–Crippen MR) is 112 cm³/mol. The maximum atomic E-state index is 12.1. The van der Waals surface area contributed by atoms with Crippen LogP contribution in [0.4, 0.5) is 0 Å². The second-order valence-electron chi connectivity index (χ2n) is 8.16. The second-order valence-corrected chi connectivity index (χ2v) is 8.16. The van der Waals surface area contributed by atoms with Crippen molar-refractivity contribution in [3.8, 4) is 5.75 Å². The van der Waals surface area contributed by atoms with Gasteiger partial charge in [-0.25, -0.2) is 4.79 Å². The van der Waals surface area contributed by atoms with Crippen molar-refractivity contribution in [1.82, 2.24) is 5.32 Å². The number of ether oxygens (including phenoxy) is 3. The topological polar surface area (TPSA) is 90.9 Å². The zero-order valence-corrected chi connectivity index (χ0v) is 18.3. The molecule has 0 saturated heterocycles. The molecule has 0 bridgehead atoms. The van der Waals surface area contributed by atoms with Gasteiger partial charge in [-0.1, -0.05) is 27.2 Å². The van der Waals surface area contributed by atoms with Crippen LogP contribution in [0.15, 0.2) is 24.3 Å². The second kappa shape index (κ2) is 11.6. The van der Waals surface area contributed by atoms with Crippen molar-refractivity contribution in [2.24, 2.45) is 17.8 Å². The zero-order chi connectivity index (χ0) is 22.1. The van der Waals surface area contributed by atoms with Crippen molar-refractivity contribution >= 4 is 17.8 Å². The summed E-state index contributed by atoms with van der Waals surface area (Å²) < 4.78 is 15.9. The summed E-state index contributed by atoms with van der Waals surface area (Å²) in [5.41, 5.74) is 0.400. The molecule has 0 radical (unpaired) electrons. The molecular formula is C23H33NO6. The van der Waals surface area contributed by atoms with Gasteiger partial charge in [-0.15, -0.1) is 0 Å². The van der Waals surface area contributed by atoms with Crippen LogP contribution < -0.4 is 10.1 Å². The number of esters is 2. The van der Waals surface area contributed by atoms with E-state index >= 15 is 0 Å². The number of hydrogen-bond acceptors (Lipinski definition) is 6. The minimum absolute atomic E-state index is 0.140.